The number of esters is 2. The summed E-state index contributed by atoms with van der Waals surface area (Å²) >= 11 is 0. The fourth-order valence-electron chi connectivity index (χ4n) is 3.30. The predicted octanol–water partition coefficient (Wildman–Crippen LogP) is 7.47. The van der Waals surface area contributed by atoms with Gasteiger partial charge in [-0.15, -0.1) is 0 Å². The Hall–Kier alpha value is -3.35. The van der Waals surface area contributed by atoms with Crippen molar-refractivity contribution in [1.82, 2.24) is 0 Å². The van der Waals surface area contributed by atoms with Crippen LogP contribution >= 0.6 is 0 Å². The summed E-state index contributed by atoms with van der Waals surface area (Å²) in [5.41, 5.74) is 1.04. The van der Waals surface area contributed by atoms with E-state index in [1.54, 1.807) is 30.3 Å². The Labute approximate surface area is 207 Å². The van der Waals surface area contributed by atoms with Crippen molar-refractivity contribution in [2.45, 2.75) is 78.1 Å². The van der Waals surface area contributed by atoms with Crippen molar-refractivity contribution in [3.63, 3.8) is 0 Å². The first-order valence-corrected chi connectivity index (χ1v) is 12.6. The SMILES string of the molecule is CCCCCCCC(=O)Oc1ccc(N=Nc2ccc(C(=O)OCCCCCC)cc2)ccc1=O. The molecule has 0 atom stereocenters. The summed E-state index contributed by atoms with van der Waals surface area (Å²) in [5, 5.41) is 8.29. The Morgan fingerprint density at radius 2 is 1.29 bits per heavy atom. The highest BCUT2D eigenvalue weighted by Gasteiger charge is 2.08. The van der Waals surface area contributed by atoms with Crippen molar-refractivity contribution in [2.75, 3.05) is 6.61 Å². The van der Waals surface area contributed by atoms with Crippen LogP contribution in [0.2, 0.25) is 0 Å². The van der Waals surface area contributed by atoms with Gasteiger partial charge in [0.25, 0.3) is 0 Å². The van der Waals surface area contributed by atoms with Gasteiger partial charge in [0.15, 0.2) is 5.75 Å². The van der Waals surface area contributed by atoms with Gasteiger partial charge in [-0.1, -0.05) is 58.8 Å². The zero-order chi connectivity index (χ0) is 25.3. The molecule has 0 saturated heterocycles. The average Bonchev–Trinajstić information content (AvgIpc) is 3.04. The lowest BCUT2D eigenvalue weighted by atomic mass is 10.1. The molecule has 2 aromatic carbocycles. The minimum Gasteiger partial charge on any atom is -0.462 e. The van der Waals surface area contributed by atoms with Crippen LogP contribution in [0, 0.1) is 0 Å². The van der Waals surface area contributed by atoms with Gasteiger partial charge in [0, 0.05) is 6.42 Å². The summed E-state index contributed by atoms with van der Waals surface area (Å²) in [6.07, 6.45) is 9.60. The van der Waals surface area contributed by atoms with E-state index in [9.17, 15) is 14.4 Å². The summed E-state index contributed by atoms with van der Waals surface area (Å²) in [6, 6.07) is 12.5. The smallest absolute Gasteiger partial charge is 0.338 e. The van der Waals surface area contributed by atoms with Gasteiger partial charge in [0.2, 0.25) is 5.43 Å². The van der Waals surface area contributed by atoms with Crippen molar-refractivity contribution in [1.29, 1.82) is 0 Å². The van der Waals surface area contributed by atoms with Gasteiger partial charge in [-0.2, -0.15) is 10.2 Å². The van der Waals surface area contributed by atoms with Crippen molar-refractivity contribution in [2.24, 2.45) is 10.2 Å². The molecule has 188 valence electrons. The Kier molecular flexibility index (Phi) is 13.0. The number of benzene rings is 1. The fourth-order valence-corrected chi connectivity index (χ4v) is 3.30. The molecule has 0 heterocycles. The number of rotatable bonds is 15. The van der Waals surface area contributed by atoms with Crippen molar-refractivity contribution >= 4 is 23.3 Å². The van der Waals surface area contributed by atoms with E-state index in [0.717, 1.165) is 57.8 Å². The first-order chi connectivity index (χ1) is 17.0. The van der Waals surface area contributed by atoms with E-state index in [1.807, 2.05) is 0 Å². The fraction of sp³-hybridized carbons (Fsp3) is 0.464. The molecule has 0 unspecified atom stereocenters. The molecular weight excluding hydrogens is 444 g/mol. The van der Waals surface area contributed by atoms with Crippen LogP contribution in [0.3, 0.4) is 0 Å². The Bertz CT molecular complexity index is 1020. The second-order valence-electron chi connectivity index (χ2n) is 8.40. The summed E-state index contributed by atoms with van der Waals surface area (Å²) in [4.78, 5) is 36.4. The lowest BCUT2D eigenvalue weighted by Gasteiger charge is -2.04. The molecule has 35 heavy (non-hydrogen) atoms. The molecule has 0 bridgehead atoms. The van der Waals surface area contributed by atoms with Gasteiger partial charge in [-0.05, 0) is 61.4 Å². The molecule has 7 nitrogen and oxygen atoms in total. The van der Waals surface area contributed by atoms with Crippen LogP contribution in [0.25, 0.3) is 0 Å². The third kappa shape index (κ3) is 11.1. The summed E-state index contributed by atoms with van der Waals surface area (Å²) in [6.45, 7) is 4.69. The van der Waals surface area contributed by atoms with E-state index in [0.29, 0.717) is 23.5 Å². The first kappa shape index (κ1) is 27.9. The highest BCUT2D eigenvalue weighted by Crippen LogP contribution is 2.19. The molecule has 0 saturated carbocycles. The van der Waals surface area contributed by atoms with Crippen LogP contribution in [-0.2, 0) is 9.53 Å². The van der Waals surface area contributed by atoms with Crippen molar-refractivity contribution in [3.8, 4) is 5.75 Å². The molecule has 2 rings (SSSR count). The minimum absolute atomic E-state index is 0.0254. The number of nitrogens with zero attached hydrogens (tertiary/aromatic N) is 2. The number of carbonyl (C=O) groups is 2. The Morgan fingerprint density at radius 3 is 1.94 bits per heavy atom. The first-order valence-electron chi connectivity index (χ1n) is 12.6. The van der Waals surface area contributed by atoms with Gasteiger partial charge in [0.05, 0.1) is 23.5 Å². The number of azo groups is 1. The molecule has 0 N–H and O–H groups in total. The normalized spacial score (nSPS) is 10.9. The van der Waals surface area contributed by atoms with E-state index in [1.165, 1.54) is 18.2 Å². The van der Waals surface area contributed by atoms with E-state index in [2.05, 4.69) is 24.1 Å². The van der Waals surface area contributed by atoms with Crippen molar-refractivity contribution in [3.05, 3.63) is 64.3 Å². The standard InChI is InChI=1S/C28H36N2O5/c1-3-5-7-9-10-12-27(32)35-26-20-18-24(17-19-25(26)31)30-29-23-15-13-22(14-16-23)28(33)34-21-11-8-6-4-2/h13-20H,3-12,21H2,1-2H3. The third-order valence-corrected chi connectivity index (χ3v) is 5.38. The average molecular weight is 481 g/mol. The van der Waals surface area contributed by atoms with Crippen LogP contribution in [0.15, 0.2) is 63.6 Å². The molecule has 2 aromatic rings. The molecule has 7 heteroatoms. The molecule has 0 spiro atoms. The van der Waals surface area contributed by atoms with Crippen LogP contribution in [0.4, 0.5) is 11.4 Å². The highest BCUT2D eigenvalue weighted by molar-refractivity contribution is 5.89. The van der Waals surface area contributed by atoms with Crippen molar-refractivity contribution < 1.29 is 19.1 Å². The van der Waals surface area contributed by atoms with Crippen LogP contribution in [-0.4, -0.2) is 18.5 Å². The molecule has 0 radical (unpaired) electrons. The molecule has 0 amide bonds. The Morgan fingerprint density at radius 1 is 0.714 bits per heavy atom. The number of hydrogen-bond acceptors (Lipinski definition) is 7. The maximum absolute atomic E-state index is 12.2. The monoisotopic (exact) mass is 480 g/mol. The number of carbonyl (C=O) groups excluding carboxylic acids is 2. The predicted molar refractivity (Wildman–Crippen MR) is 137 cm³/mol. The maximum atomic E-state index is 12.2. The van der Waals surface area contributed by atoms with Gasteiger partial charge in [-0.3, -0.25) is 9.59 Å². The van der Waals surface area contributed by atoms with Crippen LogP contribution in [0.1, 0.15) is 88.4 Å². The van der Waals surface area contributed by atoms with E-state index >= 15 is 0 Å². The van der Waals surface area contributed by atoms with E-state index < -0.39 is 11.4 Å². The van der Waals surface area contributed by atoms with E-state index in [4.69, 9.17) is 9.47 Å². The molecule has 0 aliphatic rings. The lowest BCUT2D eigenvalue weighted by molar-refractivity contribution is -0.134. The third-order valence-electron chi connectivity index (χ3n) is 5.38. The second kappa shape index (κ2) is 16.3. The molecular formula is C28H36N2O5. The number of unbranched alkanes of at least 4 members (excludes halogenated alkanes) is 7. The van der Waals surface area contributed by atoms with Gasteiger partial charge < -0.3 is 9.47 Å². The summed E-state index contributed by atoms with van der Waals surface area (Å²) in [5.74, 6) is -0.791. The number of ether oxygens (including phenoxy) is 2. The topological polar surface area (TPSA) is 94.4 Å². The molecule has 0 fully saturated rings. The zero-order valence-corrected chi connectivity index (χ0v) is 20.8. The second-order valence-corrected chi connectivity index (χ2v) is 8.40. The number of hydrogen-bond donors (Lipinski definition) is 0. The van der Waals surface area contributed by atoms with Gasteiger partial charge >= 0.3 is 11.9 Å². The van der Waals surface area contributed by atoms with Gasteiger partial charge in [0.1, 0.15) is 0 Å². The Balaban J connectivity index is 1.89. The maximum Gasteiger partial charge on any atom is 0.338 e. The molecule has 0 aliphatic heterocycles. The summed E-state index contributed by atoms with van der Waals surface area (Å²) in [7, 11) is 0. The van der Waals surface area contributed by atoms with E-state index in [-0.39, 0.29) is 18.1 Å². The van der Waals surface area contributed by atoms with Crippen LogP contribution in [0.5, 0.6) is 5.75 Å². The summed E-state index contributed by atoms with van der Waals surface area (Å²) < 4.78 is 10.5. The van der Waals surface area contributed by atoms with Gasteiger partial charge in [-0.25, -0.2) is 4.79 Å². The lowest BCUT2D eigenvalue weighted by Crippen LogP contribution is -2.12. The largest absolute Gasteiger partial charge is 0.462 e. The minimum atomic E-state index is -0.410. The molecule has 0 aliphatic carbocycles. The quantitative estimate of drug-likeness (QED) is 0.150. The van der Waals surface area contributed by atoms with Crippen LogP contribution < -0.4 is 10.2 Å². The highest BCUT2D eigenvalue weighted by atomic mass is 16.5. The molecule has 0 aromatic heterocycles. The zero-order valence-electron chi connectivity index (χ0n) is 20.8.